The Morgan fingerprint density at radius 1 is 1.13 bits per heavy atom. The molecule has 0 spiro atoms. The summed E-state index contributed by atoms with van der Waals surface area (Å²) in [6, 6.07) is 13.5. The van der Waals surface area contributed by atoms with Gasteiger partial charge in [-0.2, -0.15) is 0 Å². The molecule has 4 heteroatoms. The number of benzene rings is 2. The van der Waals surface area contributed by atoms with Gasteiger partial charge in [-0.1, -0.05) is 41.9 Å². The van der Waals surface area contributed by atoms with Gasteiger partial charge in [-0.25, -0.2) is 0 Å². The summed E-state index contributed by atoms with van der Waals surface area (Å²) >= 11 is 3.39. The molecule has 0 saturated carbocycles. The van der Waals surface area contributed by atoms with Gasteiger partial charge in [-0.15, -0.1) is 0 Å². The number of aryl methyl sites for hydroxylation is 1. The molecule has 0 aliphatic carbocycles. The summed E-state index contributed by atoms with van der Waals surface area (Å²) in [5.74, 6) is 1.01. The highest BCUT2D eigenvalue weighted by molar-refractivity contribution is 9.10. The number of hydrogen-bond acceptors (Lipinski definition) is 2. The molecule has 1 unspecified atom stereocenters. The van der Waals surface area contributed by atoms with E-state index in [2.05, 4.69) is 48.1 Å². The van der Waals surface area contributed by atoms with Crippen LogP contribution in [0.3, 0.4) is 0 Å². The van der Waals surface area contributed by atoms with Gasteiger partial charge < -0.3 is 10.1 Å². The lowest BCUT2D eigenvalue weighted by Gasteiger charge is -2.17. The van der Waals surface area contributed by atoms with Gasteiger partial charge in [0.1, 0.15) is 5.75 Å². The van der Waals surface area contributed by atoms with Crippen LogP contribution in [-0.2, 0) is 4.79 Å². The van der Waals surface area contributed by atoms with Crippen LogP contribution in [0.1, 0.15) is 37.8 Å². The molecular formula is C19H22BrNO2. The SMILES string of the molecule is Cc1cc(OC(C)C(=O)Nc2cccc(Br)c2)ccc1C(C)C. The minimum absolute atomic E-state index is 0.173. The van der Waals surface area contributed by atoms with Gasteiger partial charge in [0, 0.05) is 10.2 Å². The van der Waals surface area contributed by atoms with Crippen molar-refractivity contribution >= 4 is 27.5 Å². The van der Waals surface area contributed by atoms with Crippen LogP contribution in [0.2, 0.25) is 0 Å². The molecule has 2 rings (SSSR count). The number of rotatable bonds is 5. The highest BCUT2D eigenvalue weighted by Crippen LogP contribution is 2.24. The molecule has 2 aromatic carbocycles. The Hall–Kier alpha value is -1.81. The topological polar surface area (TPSA) is 38.3 Å². The summed E-state index contributed by atoms with van der Waals surface area (Å²) in [6.45, 7) is 8.14. The Kier molecular flexibility index (Phi) is 5.83. The van der Waals surface area contributed by atoms with Crippen LogP contribution in [0.4, 0.5) is 5.69 Å². The largest absolute Gasteiger partial charge is 0.481 e. The van der Waals surface area contributed by atoms with Crippen molar-refractivity contribution in [1.29, 1.82) is 0 Å². The normalized spacial score (nSPS) is 12.1. The lowest BCUT2D eigenvalue weighted by Crippen LogP contribution is -2.30. The summed E-state index contributed by atoms with van der Waals surface area (Å²) in [5.41, 5.74) is 3.21. The molecule has 0 aromatic heterocycles. The Balaban J connectivity index is 2.02. The van der Waals surface area contributed by atoms with Crippen molar-refractivity contribution in [3.05, 3.63) is 58.1 Å². The standard InChI is InChI=1S/C19H22BrNO2/c1-12(2)18-9-8-17(10-13(18)3)23-14(4)19(22)21-16-7-5-6-15(20)11-16/h5-12,14H,1-4H3,(H,21,22). The van der Waals surface area contributed by atoms with Crippen molar-refractivity contribution < 1.29 is 9.53 Å². The molecule has 0 saturated heterocycles. The van der Waals surface area contributed by atoms with Gasteiger partial charge in [-0.05, 0) is 61.2 Å². The quantitative estimate of drug-likeness (QED) is 0.770. The maximum absolute atomic E-state index is 12.2. The van der Waals surface area contributed by atoms with E-state index in [1.165, 1.54) is 11.1 Å². The lowest BCUT2D eigenvalue weighted by atomic mass is 9.98. The fourth-order valence-corrected chi connectivity index (χ4v) is 2.84. The molecule has 0 bridgehead atoms. The van der Waals surface area contributed by atoms with Crippen LogP contribution in [-0.4, -0.2) is 12.0 Å². The smallest absolute Gasteiger partial charge is 0.265 e. The first kappa shape index (κ1) is 17.5. The lowest BCUT2D eigenvalue weighted by molar-refractivity contribution is -0.122. The maximum Gasteiger partial charge on any atom is 0.265 e. The van der Waals surface area contributed by atoms with Crippen LogP contribution >= 0.6 is 15.9 Å². The minimum atomic E-state index is -0.571. The predicted octanol–water partition coefficient (Wildman–Crippen LogP) is 5.29. The van der Waals surface area contributed by atoms with Gasteiger partial charge in [0.05, 0.1) is 0 Å². The van der Waals surface area contributed by atoms with Crippen LogP contribution in [0.25, 0.3) is 0 Å². The number of carbonyl (C=O) groups excluding carboxylic acids is 1. The van der Waals surface area contributed by atoms with Crippen molar-refractivity contribution in [3.8, 4) is 5.75 Å². The third-order valence-corrected chi connectivity index (χ3v) is 4.13. The van der Waals surface area contributed by atoms with Gasteiger partial charge in [0.15, 0.2) is 6.10 Å². The number of nitrogens with one attached hydrogen (secondary N) is 1. The number of carbonyl (C=O) groups is 1. The number of anilines is 1. The zero-order valence-corrected chi connectivity index (χ0v) is 15.5. The van der Waals surface area contributed by atoms with Gasteiger partial charge in [0.25, 0.3) is 5.91 Å². The second-order valence-electron chi connectivity index (χ2n) is 5.93. The monoisotopic (exact) mass is 375 g/mol. The minimum Gasteiger partial charge on any atom is -0.481 e. The zero-order chi connectivity index (χ0) is 17.0. The molecule has 2 aromatic rings. The molecular weight excluding hydrogens is 354 g/mol. The number of halogens is 1. The Labute approximate surface area is 146 Å². The van der Waals surface area contributed by atoms with E-state index < -0.39 is 6.10 Å². The van der Waals surface area contributed by atoms with E-state index in [0.717, 1.165) is 10.2 Å². The molecule has 122 valence electrons. The van der Waals surface area contributed by atoms with Crippen LogP contribution in [0.5, 0.6) is 5.75 Å². The van der Waals surface area contributed by atoms with E-state index in [1.54, 1.807) is 6.92 Å². The molecule has 0 fully saturated rings. The molecule has 3 nitrogen and oxygen atoms in total. The number of ether oxygens (including phenoxy) is 1. The molecule has 1 N–H and O–H groups in total. The van der Waals surface area contributed by atoms with Gasteiger partial charge in [-0.3, -0.25) is 4.79 Å². The first-order valence-electron chi connectivity index (χ1n) is 7.70. The maximum atomic E-state index is 12.2. The Morgan fingerprint density at radius 3 is 2.48 bits per heavy atom. The van der Waals surface area contributed by atoms with E-state index in [9.17, 15) is 4.79 Å². The van der Waals surface area contributed by atoms with E-state index in [4.69, 9.17) is 4.74 Å². The molecule has 0 heterocycles. The van der Waals surface area contributed by atoms with E-state index in [1.807, 2.05) is 36.4 Å². The Morgan fingerprint density at radius 2 is 1.87 bits per heavy atom. The fraction of sp³-hybridized carbons (Fsp3) is 0.316. The summed E-state index contributed by atoms with van der Waals surface area (Å²) in [4.78, 5) is 12.2. The summed E-state index contributed by atoms with van der Waals surface area (Å²) < 4.78 is 6.69. The molecule has 0 radical (unpaired) electrons. The molecule has 0 aliphatic heterocycles. The summed E-state index contributed by atoms with van der Waals surface area (Å²) in [6.07, 6.45) is -0.571. The second-order valence-corrected chi connectivity index (χ2v) is 6.85. The van der Waals surface area contributed by atoms with Crippen molar-refractivity contribution in [1.82, 2.24) is 0 Å². The van der Waals surface area contributed by atoms with Gasteiger partial charge in [0.2, 0.25) is 0 Å². The van der Waals surface area contributed by atoms with Crippen molar-refractivity contribution in [2.75, 3.05) is 5.32 Å². The average Bonchev–Trinajstić information content (AvgIpc) is 2.46. The third-order valence-electron chi connectivity index (χ3n) is 3.64. The van der Waals surface area contributed by atoms with Crippen LogP contribution in [0, 0.1) is 6.92 Å². The highest BCUT2D eigenvalue weighted by Gasteiger charge is 2.15. The second kappa shape index (κ2) is 7.64. The first-order valence-corrected chi connectivity index (χ1v) is 8.49. The zero-order valence-electron chi connectivity index (χ0n) is 13.9. The Bertz CT molecular complexity index is 698. The highest BCUT2D eigenvalue weighted by atomic mass is 79.9. The first-order chi connectivity index (χ1) is 10.9. The van der Waals surface area contributed by atoms with Crippen LogP contribution < -0.4 is 10.1 Å². The van der Waals surface area contributed by atoms with E-state index in [-0.39, 0.29) is 5.91 Å². The third kappa shape index (κ3) is 4.83. The van der Waals surface area contributed by atoms with Crippen molar-refractivity contribution in [3.63, 3.8) is 0 Å². The predicted molar refractivity (Wildman–Crippen MR) is 98.1 cm³/mol. The summed E-state index contributed by atoms with van der Waals surface area (Å²) in [7, 11) is 0. The fourth-order valence-electron chi connectivity index (χ4n) is 2.44. The molecule has 1 atom stereocenters. The number of hydrogen-bond donors (Lipinski definition) is 1. The average molecular weight is 376 g/mol. The van der Waals surface area contributed by atoms with E-state index >= 15 is 0 Å². The molecule has 23 heavy (non-hydrogen) atoms. The van der Waals surface area contributed by atoms with E-state index in [0.29, 0.717) is 11.7 Å². The van der Waals surface area contributed by atoms with Crippen LogP contribution in [0.15, 0.2) is 46.9 Å². The number of amides is 1. The van der Waals surface area contributed by atoms with Crippen molar-refractivity contribution in [2.24, 2.45) is 0 Å². The van der Waals surface area contributed by atoms with Crippen molar-refractivity contribution in [2.45, 2.75) is 39.7 Å². The van der Waals surface area contributed by atoms with Gasteiger partial charge >= 0.3 is 0 Å². The summed E-state index contributed by atoms with van der Waals surface area (Å²) in [5, 5.41) is 2.85. The molecule has 1 amide bonds. The molecule has 0 aliphatic rings.